The van der Waals surface area contributed by atoms with Crippen molar-refractivity contribution >= 4 is 17.7 Å². The Bertz CT molecular complexity index is 949. The van der Waals surface area contributed by atoms with Gasteiger partial charge in [-0.15, -0.1) is 5.10 Å². The van der Waals surface area contributed by atoms with Crippen molar-refractivity contribution in [2.75, 3.05) is 13.1 Å². The zero-order valence-corrected chi connectivity index (χ0v) is 18.1. The molecule has 2 aliphatic heterocycles. The number of aromatic nitrogens is 5. The maximum absolute atomic E-state index is 12.9. The highest BCUT2D eigenvalue weighted by molar-refractivity contribution is 5.92. The quantitative estimate of drug-likeness (QED) is 0.601. The van der Waals surface area contributed by atoms with Crippen molar-refractivity contribution in [3.05, 3.63) is 36.2 Å². The van der Waals surface area contributed by atoms with E-state index in [1.807, 2.05) is 15.8 Å². The van der Waals surface area contributed by atoms with Crippen molar-refractivity contribution in [2.24, 2.45) is 0 Å². The highest BCUT2D eigenvalue weighted by Gasteiger charge is 2.43. The van der Waals surface area contributed by atoms with E-state index in [0.29, 0.717) is 13.0 Å². The van der Waals surface area contributed by atoms with Gasteiger partial charge in [0.15, 0.2) is 0 Å². The first-order valence-electron chi connectivity index (χ1n) is 11.0. The lowest BCUT2D eigenvalue weighted by atomic mass is 9.97. The van der Waals surface area contributed by atoms with Gasteiger partial charge in [0.25, 0.3) is 5.91 Å². The lowest BCUT2D eigenvalue weighted by Crippen LogP contribution is -2.47. The minimum absolute atomic E-state index is 0.0562. The van der Waals surface area contributed by atoms with Gasteiger partial charge in [0, 0.05) is 63.5 Å². The Kier molecular flexibility index (Phi) is 6.72. The topological polar surface area (TPSA) is 135 Å². The molecular weight excluding hydrogens is 412 g/mol. The summed E-state index contributed by atoms with van der Waals surface area (Å²) in [6.45, 7) is 2.31. The van der Waals surface area contributed by atoms with Crippen molar-refractivity contribution in [3.8, 4) is 0 Å². The van der Waals surface area contributed by atoms with Crippen molar-refractivity contribution in [1.29, 1.82) is 0 Å². The second-order valence-corrected chi connectivity index (χ2v) is 8.33. The third-order valence-electron chi connectivity index (χ3n) is 6.10. The first kappa shape index (κ1) is 21.8. The number of carbonyl (C=O) groups is 3. The second kappa shape index (κ2) is 9.84. The molecule has 170 valence electrons. The minimum atomic E-state index is -0.326. The molecule has 2 N–H and O–H groups in total. The third kappa shape index (κ3) is 5.09. The zero-order chi connectivity index (χ0) is 22.5. The van der Waals surface area contributed by atoms with Crippen molar-refractivity contribution in [3.63, 3.8) is 0 Å². The van der Waals surface area contributed by atoms with E-state index in [-0.39, 0.29) is 54.5 Å². The molecule has 4 rings (SSSR count). The molecule has 0 spiro atoms. The van der Waals surface area contributed by atoms with Gasteiger partial charge in [-0.3, -0.25) is 19.4 Å². The molecule has 2 bridgehead atoms. The Balaban J connectivity index is 1.27. The molecule has 2 aromatic rings. The van der Waals surface area contributed by atoms with Crippen LogP contribution < -0.4 is 10.6 Å². The van der Waals surface area contributed by atoms with E-state index < -0.39 is 0 Å². The van der Waals surface area contributed by atoms with Gasteiger partial charge < -0.3 is 15.5 Å². The average Bonchev–Trinajstić information content (AvgIpc) is 3.36. The highest BCUT2D eigenvalue weighted by Crippen LogP contribution is 2.40. The lowest BCUT2D eigenvalue weighted by Gasteiger charge is -2.39. The Labute approximate surface area is 186 Å². The molecule has 2 saturated heterocycles. The van der Waals surface area contributed by atoms with Gasteiger partial charge in [-0.1, -0.05) is 5.21 Å². The van der Waals surface area contributed by atoms with Gasteiger partial charge in [0.1, 0.15) is 5.69 Å². The number of nitrogens with zero attached hydrogens (tertiary/aromatic N) is 6. The summed E-state index contributed by atoms with van der Waals surface area (Å²) in [5.41, 5.74) is 1.09. The van der Waals surface area contributed by atoms with Crippen LogP contribution in [-0.4, -0.2) is 72.8 Å². The molecule has 0 saturated carbocycles. The van der Waals surface area contributed by atoms with E-state index in [2.05, 4.69) is 30.9 Å². The predicted octanol–water partition coefficient (Wildman–Crippen LogP) is 0.261. The number of rotatable bonds is 8. The Morgan fingerprint density at radius 1 is 1.06 bits per heavy atom. The molecule has 0 radical (unpaired) electrons. The highest BCUT2D eigenvalue weighted by atomic mass is 16.2. The van der Waals surface area contributed by atoms with E-state index in [1.165, 1.54) is 25.5 Å². The molecule has 0 aliphatic carbocycles. The molecular formula is C21H28N8O3. The average molecular weight is 441 g/mol. The van der Waals surface area contributed by atoms with Crippen LogP contribution >= 0.6 is 0 Å². The summed E-state index contributed by atoms with van der Waals surface area (Å²) in [5.74, 6) is -0.308. The van der Waals surface area contributed by atoms with E-state index in [1.54, 1.807) is 0 Å². The maximum Gasteiger partial charge on any atom is 0.271 e. The van der Waals surface area contributed by atoms with E-state index in [4.69, 9.17) is 0 Å². The molecule has 32 heavy (non-hydrogen) atoms. The molecule has 3 amide bonds. The zero-order valence-electron chi connectivity index (χ0n) is 18.1. The maximum atomic E-state index is 12.9. The van der Waals surface area contributed by atoms with E-state index in [9.17, 15) is 14.4 Å². The number of carbonyl (C=O) groups excluding carboxylic acids is 3. The summed E-state index contributed by atoms with van der Waals surface area (Å²) < 4.78 is 1.91. The van der Waals surface area contributed by atoms with Crippen LogP contribution in [0, 0.1) is 0 Å². The number of piperidine rings is 1. The van der Waals surface area contributed by atoms with E-state index >= 15 is 0 Å². The van der Waals surface area contributed by atoms with Crippen molar-refractivity contribution in [1.82, 2.24) is 40.5 Å². The van der Waals surface area contributed by atoms with Crippen LogP contribution in [0.4, 0.5) is 0 Å². The summed E-state index contributed by atoms with van der Waals surface area (Å²) in [4.78, 5) is 45.8. The molecule has 11 nitrogen and oxygen atoms in total. The normalized spacial score (nSPS) is 21.9. The molecule has 2 atom stereocenters. The van der Waals surface area contributed by atoms with Crippen molar-refractivity contribution in [2.45, 2.75) is 63.6 Å². The summed E-state index contributed by atoms with van der Waals surface area (Å²) in [7, 11) is 0. The molecule has 2 unspecified atom stereocenters. The van der Waals surface area contributed by atoms with Gasteiger partial charge in [-0.05, 0) is 25.7 Å². The van der Waals surface area contributed by atoms with Crippen LogP contribution in [0.15, 0.2) is 24.8 Å². The van der Waals surface area contributed by atoms with Gasteiger partial charge in [-0.25, -0.2) is 9.67 Å². The Morgan fingerprint density at radius 3 is 2.53 bits per heavy atom. The van der Waals surface area contributed by atoms with Crippen LogP contribution in [-0.2, 0) is 16.0 Å². The third-order valence-corrected chi connectivity index (χ3v) is 6.10. The summed E-state index contributed by atoms with van der Waals surface area (Å²) in [6.07, 6.45) is 10.9. The van der Waals surface area contributed by atoms with Gasteiger partial charge in [-0.2, -0.15) is 0 Å². The van der Waals surface area contributed by atoms with Crippen LogP contribution in [0.2, 0.25) is 0 Å². The fourth-order valence-electron chi connectivity index (χ4n) is 4.66. The predicted molar refractivity (Wildman–Crippen MR) is 113 cm³/mol. The smallest absolute Gasteiger partial charge is 0.271 e. The molecule has 11 heteroatoms. The monoisotopic (exact) mass is 440 g/mol. The fraction of sp³-hybridized carbons (Fsp3) is 0.571. The fourth-order valence-corrected chi connectivity index (χ4v) is 4.66. The summed E-state index contributed by atoms with van der Waals surface area (Å²) in [5, 5.41) is 14.0. The Hall–Kier alpha value is -3.37. The van der Waals surface area contributed by atoms with Gasteiger partial charge in [0.05, 0.1) is 17.9 Å². The largest absolute Gasteiger partial charge is 0.356 e. The van der Waals surface area contributed by atoms with Gasteiger partial charge >= 0.3 is 0 Å². The molecule has 2 fully saturated rings. The number of fused-ring (bicyclic) bond motifs is 2. The minimum Gasteiger partial charge on any atom is -0.356 e. The standard InChI is InChI=1S/C21H28N8O3/c1-14(30)23-6-4-15-13-28(27-26-15)18-10-16-2-3-17(11-18)29(16)20(31)5-7-25-21(32)19-12-22-8-9-24-19/h8-9,12-13,16-18H,2-7,10-11H2,1H3,(H,23,30)(H,25,32). The first-order chi connectivity index (χ1) is 15.5. The second-order valence-electron chi connectivity index (χ2n) is 8.33. The number of hydrogen-bond donors (Lipinski definition) is 2. The first-order valence-corrected chi connectivity index (χ1v) is 11.0. The SMILES string of the molecule is CC(=O)NCCc1cn(C2CC3CCC(C2)N3C(=O)CCNC(=O)c2cnccn2)nn1. The molecule has 4 heterocycles. The molecule has 2 aliphatic rings. The molecule has 2 aromatic heterocycles. The van der Waals surface area contributed by atoms with Gasteiger partial charge in [0.2, 0.25) is 11.8 Å². The van der Waals surface area contributed by atoms with Crippen LogP contribution in [0.1, 0.15) is 61.3 Å². The molecule has 0 aromatic carbocycles. The van der Waals surface area contributed by atoms with Crippen LogP contribution in [0.5, 0.6) is 0 Å². The number of nitrogens with one attached hydrogen (secondary N) is 2. The number of amides is 3. The number of hydrogen-bond acceptors (Lipinski definition) is 7. The van der Waals surface area contributed by atoms with Crippen molar-refractivity contribution < 1.29 is 14.4 Å². The summed E-state index contributed by atoms with van der Waals surface area (Å²) in [6, 6.07) is 0.595. The summed E-state index contributed by atoms with van der Waals surface area (Å²) >= 11 is 0. The Morgan fingerprint density at radius 2 is 1.84 bits per heavy atom. The van der Waals surface area contributed by atoms with Crippen LogP contribution in [0.25, 0.3) is 0 Å². The lowest BCUT2D eigenvalue weighted by molar-refractivity contribution is -0.136. The van der Waals surface area contributed by atoms with Crippen LogP contribution in [0.3, 0.4) is 0 Å². The van der Waals surface area contributed by atoms with E-state index in [0.717, 1.165) is 31.4 Å².